The van der Waals surface area contributed by atoms with E-state index in [1.165, 1.54) is 0 Å². The van der Waals surface area contributed by atoms with Gasteiger partial charge in [0.05, 0.1) is 10.7 Å². The Bertz CT molecular complexity index is 213. The monoisotopic (exact) mass is 156 g/mol. The number of para-hydroxylation sites is 1. The molecule has 0 spiro atoms. The van der Waals surface area contributed by atoms with Gasteiger partial charge in [0.1, 0.15) is 0 Å². The summed E-state index contributed by atoms with van der Waals surface area (Å²) in [6, 6.07) is 7.55. The van der Waals surface area contributed by atoms with Crippen molar-refractivity contribution in [2.24, 2.45) is 0 Å². The summed E-state index contributed by atoms with van der Waals surface area (Å²) < 4.78 is 0. The van der Waals surface area contributed by atoms with E-state index in [0.717, 1.165) is 10.7 Å². The molecule has 2 N–H and O–H groups in total. The molecular formula is C7H9ClN2. The van der Waals surface area contributed by atoms with Crippen molar-refractivity contribution >= 4 is 17.3 Å². The van der Waals surface area contributed by atoms with Crippen LogP contribution >= 0.6 is 11.6 Å². The second-order valence-electron chi connectivity index (χ2n) is 1.85. The van der Waals surface area contributed by atoms with E-state index in [1.807, 2.05) is 24.3 Å². The fraction of sp³-hybridized carbons (Fsp3) is 0.143. The van der Waals surface area contributed by atoms with Crippen molar-refractivity contribution in [1.82, 2.24) is 5.43 Å². The molecule has 1 rings (SSSR count). The molecule has 1 aromatic carbocycles. The highest BCUT2D eigenvalue weighted by Crippen LogP contribution is 2.18. The van der Waals surface area contributed by atoms with E-state index in [0.29, 0.717) is 0 Å². The van der Waals surface area contributed by atoms with E-state index in [2.05, 4.69) is 10.9 Å². The third-order valence-corrected chi connectivity index (χ3v) is 1.46. The molecule has 0 aliphatic rings. The Labute approximate surface area is 65.2 Å². The number of benzene rings is 1. The summed E-state index contributed by atoms with van der Waals surface area (Å²) in [5.74, 6) is 0. The number of nitrogens with one attached hydrogen (secondary N) is 2. The Kier molecular flexibility index (Phi) is 2.54. The van der Waals surface area contributed by atoms with E-state index in [1.54, 1.807) is 7.05 Å². The van der Waals surface area contributed by atoms with E-state index in [-0.39, 0.29) is 0 Å². The second-order valence-corrected chi connectivity index (χ2v) is 2.26. The first-order valence-electron chi connectivity index (χ1n) is 3.02. The van der Waals surface area contributed by atoms with Gasteiger partial charge in [-0.2, -0.15) is 0 Å². The summed E-state index contributed by atoms with van der Waals surface area (Å²) in [5.41, 5.74) is 6.58. The summed E-state index contributed by atoms with van der Waals surface area (Å²) >= 11 is 5.80. The quantitative estimate of drug-likeness (QED) is 0.639. The highest BCUT2D eigenvalue weighted by molar-refractivity contribution is 6.33. The minimum Gasteiger partial charge on any atom is -0.320 e. The van der Waals surface area contributed by atoms with Gasteiger partial charge in [0.15, 0.2) is 0 Å². The zero-order chi connectivity index (χ0) is 7.40. The Morgan fingerprint density at radius 3 is 2.60 bits per heavy atom. The molecule has 0 bridgehead atoms. The molecule has 0 aromatic heterocycles. The van der Waals surface area contributed by atoms with Gasteiger partial charge in [-0.1, -0.05) is 23.7 Å². The van der Waals surface area contributed by atoms with Crippen LogP contribution in [-0.2, 0) is 0 Å². The summed E-state index contributed by atoms with van der Waals surface area (Å²) in [7, 11) is 1.79. The third kappa shape index (κ3) is 1.62. The fourth-order valence-electron chi connectivity index (χ4n) is 0.697. The molecule has 0 fully saturated rings. The molecule has 1 aromatic rings. The fourth-order valence-corrected chi connectivity index (χ4v) is 0.880. The molecule has 3 heteroatoms. The van der Waals surface area contributed by atoms with Crippen molar-refractivity contribution in [1.29, 1.82) is 0 Å². The van der Waals surface area contributed by atoms with Gasteiger partial charge in [-0.3, -0.25) is 0 Å². The maximum absolute atomic E-state index is 5.80. The third-order valence-electron chi connectivity index (χ3n) is 1.13. The second kappa shape index (κ2) is 3.44. The lowest BCUT2D eigenvalue weighted by atomic mass is 10.3. The van der Waals surface area contributed by atoms with Gasteiger partial charge in [0.2, 0.25) is 0 Å². The summed E-state index contributed by atoms with van der Waals surface area (Å²) in [6.07, 6.45) is 0. The lowest BCUT2D eigenvalue weighted by Crippen LogP contribution is -2.14. The lowest BCUT2D eigenvalue weighted by Gasteiger charge is -2.04. The van der Waals surface area contributed by atoms with Crippen molar-refractivity contribution in [3.8, 4) is 0 Å². The van der Waals surface area contributed by atoms with Crippen molar-refractivity contribution in [3.05, 3.63) is 29.3 Å². The standard InChI is InChI=1S/C7H9ClN2/c1-9-10-7-5-3-2-4-6(7)8/h2-5,9-10H,1H3. The molecule has 10 heavy (non-hydrogen) atoms. The number of hydrazine groups is 1. The van der Waals surface area contributed by atoms with Crippen molar-refractivity contribution in [3.63, 3.8) is 0 Å². The predicted octanol–water partition coefficient (Wildman–Crippen LogP) is 1.89. The smallest absolute Gasteiger partial charge is 0.0673 e. The van der Waals surface area contributed by atoms with Crippen LogP contribution in [-0.4, -0.2) is 7.05 Å². The zero-order valence-corrected chi connectivity index (χ0v) is 6.44. The van der Waals surface area contributed by atoms with Crippen molar-refractivity contribution in [2.45, 2.75) is 0 Å². The van der Waals surface area contributed by atoms with Crippen molar-refractivity contribution in [2.75, 3.05) is 12.5 Å². The van der Waals surface area contributed by atoms with Crippen LogP contribution < -0.4 is 10.9 Å². The normalized spacial score (nSPS) is 9.40. The summed E-state index contributed by atoms with van der Waals surface area (Å²) in [4.78, 5) is 0. The highest BCUT2D eigenvalue weighted by Gasteiger charge is 1.93. The number of anilines is 1. The maximum atomic E-state index is 5.80. The Balaban J connectivity index is 2.81. The molecule has 0 atom stereocenters. The average Bonchev–Trinajstić information content (AvgIpc) is 1.94. The van der Waals surface area contributed by atoms with Gasteiger partial charge >= 0.3 is 0 Å². The van der Waals surface area contributed by atoms with Gasteiger partial charge in [0.25, 0.3) is 0 Å². The average molecular weight is 157 g/mol. The largest absolute Gasteiger partial charge is 0.320 e. The SMILES string of the molecule is CNNc1ccccc1Cl. The van der Waals surface area contributed by atoms with Gasteiger partial charge in [-0.15, -0.1) is 0 Å². The molecule has 0 saturated heterocycles. The number of hydrogen-bond acceptors (Lipinski definition) is 2. The first-order valence-corrected chi connectivity index (χ1v) is 3.39. The van der Waals surface area contributed by atoms with Gasteiger partial charge < -0.3 is 5.43 Å². The van der Waals surface area contributed by atoms with Crippen LogP contribution in [0.25, 0.3) is 0 Å². The predicted molar refractivity (Wildman–Crippen MR) is 44.1 cm³/mol. The number of halogens is 1. The minimum atomic E-state index is 0.719. The Morgan fingerprint density at radius 1 is 1.30 bits per heavy atom. The van der Waals surface area contributed by atoms with Crippen LogP contribution in [0.1, 0.15) is 0 Å². The Hall–Kier alpha value is -0.730. The van der Waals surface area contributed by atoms with Crippen molar-refractivity contribution < 1.29 is 0 Å². The van der Waals surface area contributed by atoms with Gasteiger partial charge in [-0.05, 0) is 12.1 Å². The molecule has 0 radical (unpaired) electrons. The molecule has 0 heterocycles. The molecule has 0 aliphatic carbocycles. The summed E-state index contributed by atoms with van der Waals surface area (Å²) in [6.45, 7) is 0. The van der Waals surface area contributed by atoms with Crippen LogP contribution in [0.4, 0.5) is 5.69 Å². The van der Waals surface area contributed by atoms with Crippen LogP contribution in [0.15, 0.2) is 24.3 Å². The molecule has 54 valence electrons. The molecule has 0 amide bonds. The molecule has 2 nitrogen and oxygen atoms in total. The number of rotatable bonds is 2. The molecule has 0 saturated carbocycles. The molecule has 0 aliphatic heterocycles. The lowest BCUT2D eigenvalue weighted by molar-refractivity contribution is 0.984. The van der Waals surface area contributed by atoms with Crippen LogP contribution in [0.2, 0.25) is 5.02 Å². The first kappa shape index (κ1) is 7.38. The van der Waals surface area contributed by atoms with E-state index in [9.17, 15) is 0 Å². The van der Waals surface area contributed by atoms with E-state index < -0.39 is 0 Å². The first-order chi connectivity index (χ1) is 4.84. The topological polar surface area (TPSA) is 24.1 Å². The van der Waals surface area contributed by atoms with Crippen LogP contribution in [0.3, 0.4) is 0 Å². The number of hydrogen-bond donors (Lipinski definition) is 2. The van der Waals surface area contributed by atoms with Crippen LogP contribution in [0.5, 0.6) is 0 Å². The summed E-state index contributed by atoms with van der Waals surface area (Å²) in [5, 5.41) is 0.719. The van der Waals surface area contributed by atoms with E-state index >= 15 is 0 Å². The zero-order valence-electron chi connectivity index (χ0n) is 5.69. The Morgan fingerprint density at radius 2 is 2.00 bits per heavy atom. The highest BCUT2D eigenvalue weighted by atomic mass is 35.5. The van der Waals surface area contributed by atoms with Gasteiger partial charge in [0, 0.05) is 7.05 Å². The van der Waals surface area contributed by atoms with Crippen LogP contribution in [0, 0.1) is 0 Å². The minimum absolute atomic E-state index is 0.719. The van der Waals surface area contributed by atoms with Gasteiger partial charge in [-0.25, -0.2) is 5.43 Å². The van der Waals surface area contributed by atoms with E-state index in [4.69, 9.17) is 11.6 Å². The maximum Gasteiger partial charge on any atom is 0.0673 e. The molecule has 0 unspecified atom stereocenters. The molecular weight excluding hydrogens is 148 g/mol.